The van der Waals surface area contributed by atoms with Gasteiger partial charge in [0.1, 0.15) is 0 Å². The van der Waals surface area contributed by atoms with Gasteiger partial charge in [0.2, 0.25) is 5.91 Å². The Bertz CT molecular complexity index is 643. The Morgan fingerprint density at radius 1 is 1.00 bits per heavy atom. The second-order valence-corrected chi connectivity index (χ2v) is 13.2. The summed E-state index contributed by atoms with van der Waals surface area (Å²) >= 11 is 0. The summed E-state index contributed by atoms with van der Waals surface area (Å²) in [5.74, 6) is 6.46. The van der Waals surface area contributed by atoms with Crippen LogP contribution in [0.3, 0.4) is 0 Å². The average molecular weight is 430 g/mol. The van der Waals surface area contributed by atoms with Crippen molar-refractivity contribution in [1.29, 1.82) is 0 Å². The van der Waals surface area contributed by atoms with E-state index in [1.54, 1.807) is 0 Å². The molecule has 1 heterocycles. The summed E-state index contributed by atoms with van der Waals surface area (Å²) in [6, 6.07) is 0.433. The smallest absolute Gasteiger partial charge is 0.220 e. The summed E-state index contributed by atoms with van der Waals surface area (Å²) in [6.07, 6.45) is 15.8. The molecule has 9 atom stereocenters. The number of carbonyl (C=O) groups is 1. The zero-order chi connectivity index (χ0) is 22.4. The fourth-order valence-corrected chi connectivity index (χ4v) is 9.55. The molecule has 1 aliphatic heterocycles. The SMILES string of the molecule is CCC[C@H]1C[C@H]2NC(=O)CC[C@]2(C)[C@H]2CC[C@]3(C)[C@@H]([C@H](C)CCCC(C)C)CC[C@H]3[C@H]12. The van der Waals surface area contributed by atoms with Gasteiger partial charge in [-0.2, -0.15) is 0 Å². The Hall–Kier alpha value is -0.530. The molecular weight excluding hydrogens is 378 g/mol. The summed E-state index contributed by atoms with van der Waals surface area (Å²) in [4.78, 5) is 12.3. The van der Waals surface area contributed by atoms with Crippen molar-refractivity contribution in [3.63, 3.8) is 0 Å². The third-order valence-electron chi connectivity index (χ3n) is 11.1. The Labute approximate surface area is 193 Å². The minimum atomic E-state index is 0.313. The predicted octanol–water partition coefficient (Wildman–Crippen LogP) is 7.61. The quantitative estimate of drug-likeness (QED) is 0.443. The van der Waals surface area contributed by atoms with E-state index in [0.717, 1.165) is 54.3 Å². The molecule has 1 saturated heterocycles. The molecule has 4 fully saturated rings. The van der Waals surface area contributed by atoms with Gasteiger partial charge in [-0.1, -0.05) is 73.6 Å². The first-order valence-electron chi connectivity index (χ1n) is 14.0. The van der Waals surface area contributed by atoms with E-state index in [2.05, 4.69) is 46.9 Å². The van der Waals surface area contributed by atoms with Gasteiger partial charge in [-0.3, -0.25) is 4.79 Å². The number of fused-ring (bicyclic) bond motifs is 5. The van der Waals surface area contributed by atoms with Crippen molar-refractivity contribution >= 4 is 5.91 Å². The molecule has 0 unspecified atom stereocenters. The van der Waals surface area contributed by atoms with E-state index in [1.165, 1.54) is 64.2 Å². The Morgan fingerprint density at radius 3 is 2.45 bits per heavy atom. The van der Waals surface area contributed by atoms with Crippen molar-refractivity contribution in [3.05, 3.63) is 0 Å². The van der Waals surface area contributed by atoms with Crippen molar-refractivity contribution in [2.24, 2.45) is 52.3 Å². The highest BCUT2D eigenvalue weighted by atomic mass is 16.1. The number of piperidine rings is 1. The van der Waals surface area contributed by atoms with Gasteiger partial charge < -0.3 is 5.32 Å². The maximum absolute atomic E-state index is 12.3. The standard InChI is InChI=1S/C29H51NO/c1-7-9-21-18-25-29(6,17-15-26(31)30-25)24-14-16-28(5)22(12-13-23(28)27(21)24)20(4)11-8-10-19(2)3/h19-25,27H,7-18H2,1-6H3,(H,30,31)/t20-,21+,22-,23+,24+,25-,27+,28-,29-/m1/s1. The highest BCUT2D eigenvalue weighted by Crippen LogP contribution is 2.68. The van der Waals surface area contributed by atoms with E-state index in [9.17, 15) is 4.79 Å². The molecule has 2 nitrogen and oxygen atoms in total. The maximum atomic E-state index is 12.3. The highest BCUT2D eigenvalue weighted by Gasteiger charge is 2.62. The average Bonchev–Trinajstić information content (AvgIpc) is 3.06. The lowest BCUT2D eigenvalue weighted by molar-refractivity contribution is -0.146. The van der Waals surface area contributed by atoms with Crippen molar-refractivity contribution in [2.75, 3.05) is 0 Å². The van der Waals surface area contributed by atoms with Gasteiger partial charge in [0.15, 0.2) is 0 Å². The zero-order valence-electron chi connectivity index (χ0n) is 21.5. The normalized spacial score (nSPS) is 45.6. The van der Waals surface area contributed by atoms with Crippen LogP contribution in [0.25, 0.3) is 0 Å². The van der Waals surface area contributed by atoms with Crippen LogP contribution >= 0.6 is 0 Å². The van der Waals surface area contributed by atoms with E-state index in [-0.39, 0.29) is 0 Å². The number of hydrogen-bond donors (Lipinski definition) is 1. The van der Waals surface area contributed by atoms with E-state index in [4.69, 9.17) is 0 Å². The molecule has 4 aliphatic rings. The van der Waals surface area contributed by atoms with Crippen LogP contribution < -0.4 is 5.32 Å². The first kappa shape index (κ1) is 23.6. The summed E-state index contributed by atoms with van der Waals surface area (Å²) in [6.45, 7) is 15.0. The molecule has 4 rings (SSSR count). The van der Waals surface area contributed by atoms with Crippen LogP contribution in [0.15, 0.2) is 0 Å². The zero-order valence-corrected chi connectivity index (χ0v) is 21.5. The predicted molar refractivity (Wildman–Crippen MR) is 131 cm³/mol. The fraction of sp³-hybridized carbons (Fsp3) is 0.966. The minimum absolute atomic E-state index is 0.313. The lowest BCUT2D eigenvalue weighted by Crippen LogP contribution is -2.63. The molecule has 3 saturated carbocycles. The van der Waals surface area contributed by atoms with Crippen LogP contribution in [0.4, 0.5) is 0 Å². The number of nitrogens with one attached hydrogen (secondary N) is 1. The molecule has 2 heteroatoms. The third kappa shape index (κ3) is 4.12. The van der Waals surface area contributed by atoms with Gasteiger partial charge >= 0.3 is 0 Å². The Balaban J connectivity index is 1.55. The van der Waals surface area contributed by atoms with Crippen LogP contribution in [0.5, 0.6) is 0 Å². The number of carbonyl (C=O) groups excluding carboxylic acids is 1. The van der Waals surface area contributed by atoms with E-state index in [1.807, 2.05) is 0 Å². The fourth-order valence-electron chi connectivity index (χ4n) is 9.55. The topological polar surface area (TPSA) is 29.1 Å². The number of amides is 1. The molecule has 0 aromatic rings. The summed E-state index contributed by atoms with van der Waals surface area (Å²) in [5.41, 5.74) is 0.899. The number of hydrogen-bond acceptors (Lipinski definition) is 1. The molecule has 0 radical (unpaired) electrons. The Kier molecular flexibility index (Phi) is 6.87. The van der Waals surface area contributed by atoms with Gasteiger partial charge in [-0.15, -0.1) is 0 Å². The van der Waals surface area contributed by atoms with Crippen molar-refractivity contribution < 1.29 is 4.79 Å². The molecule has 1 N–H and O–H groups in total. The van der Waals surface area contributed by atoms with Gasteiger partial charge in [0.05, 0.1) is 0 Å². The minimum Gasteiger partial charge on any atom is -0.353 e. The molecule has 178 valence electrons. The summed E-state index contributed by atoms with van der Waals surface area (Å²) in [5, 5.41) is 3.47. The first-order chi connectivity index (χ1) is 14.7. The van der Waals surface area contributed by atoms with Crippen LogP contribution in [0.2, 0.25) is 0 Å². The number of rotatable bonds is 7. The van der Waals surface area contributed by atoms with Gasteiger partial charge in [-0.05, 0) is 90.8 Å². The lowest BCUT2D eigenvalue weighted by Gasteiger charge is -2.63. The Morgan fingerprint density at radius 2 is 1.74 bits per heavy atom. The maximum Gasteiger partial charge on any atom is 0.220 e. The molecule has 1 amide bonds. The van der Waals surface area contributed by atoms with Gasteiger partial charge in [0, 0.05) is 12.5 Å². The van der Waals surface area contributed by atoms with Crippen molar-refractivity contribution in [1.82, 2.24) is 5.32 Å². The third-order valence-corrected chi connectivity index (χ3v) is 11.1. The molecule has 0 bridgehead atoms. The van der Waals surface area contributed by atoms with Crippen LogP contribution in [-0.4, -0.2) is 11.9 Å². The second-order valence-electron chi connectivity index (χ2n) is 13.2. The van der Waals surface area contributed by atoms with Crippen LogP contribution in [0, 0.1) is 52.3 Å². The summed E-state index contributed by atoms with van der Waals surface area (Å²) in [7, 11) is 0. The second kappa shape index (κ2) is 9.02. The van der Waals surface area contributed by atoms with E-state index in [0.29, 0.717) is 22.8 Å². The molecular formula is C29H51NO. The molecule has 31 heavy (non-hydrogen) atoms. The molecule has 0 aromatic carbocycles. The van der Waals surface area contributed by atoms with E-state index < -0.39 is 0 Å². The first-order valence-corrected chi connectivity index (χ1v) is 14.0. The largest absolute Gasteiger partial charge is 0.353 e. The molecule has 0 spiro atoms. The molecule has 0 aromatic heterocycles. The monoisotopic (exact) mass is 429 g/mol. The van der Waals surface area contributed by atoms with Crippen molar-refractivity contribution in [2.45, 2.75) is 125 Å². The van der Waals surface area contributed by atoms with Crippen LogP contribution in [-0.2, 0) is 4.79 Å². The van der Waals surface area contributed by atoms with Gasteiger partial charge in [-0.25, -0.2) is 0 Å². The van der Waals surface area contributed by atoms with Crippen molar-refractivity contribution in [3.8, 4) is 0 Å². The lowest BCUT2D eigenvalue weighted by atomic mass is 9.44. The van der Waals surface area contributed by atoms with E-state index >= 15 is 0 Å². The molecule has 3 aliphatic carbocycles. The van der Waals surface area contributed by atoms with Gasteiger partial charge in [0.25, 0.3) is 0 Å². The van der Waals surface area contributed by atoms with Crippen LogP contribution in [0.1, 0.15) is 119 Å². The summed E-state index contributed by atoms with van der Waals surface area (Å²) < 4.78 is 0. The highest BCUT2D eigenvalue weighted by molar-refractivity contribution is 5.77.